The number of hydrogen-bond acceptors (Lipinski definition) is 4. The van der Waals surface area contributed by atoms with E-state index in [2.05, 4.69) is 5.32 Å². The summed E-state index contributed by atoms with van der Waals surface area (Å²) in [5, 5.41) is 2.66. The minimum Gasteiger partial charge on any atom is -0.472 e. The number of amides is 2. The molecule has 1 aromatic rings. The summed E-state index contributed by atoms with van der Waals surface area (Å²) in [6, 6.07) is 1.64. The third-order valence-electron chi connectivity index (χ3n) is 3.46. The zero-order valence-corrected chi connectivity index (χ0v) is 9.85. The van der Waals surface area contributed by atoms with E-state index >= 15 is 0 Å². The molecule has 2 fully saturated rings. The van der Waals surface area contributed by atoms with E-state index in [4.69, 9.17) is 9.15 Å². The van der Waals surface area contributed by atoms with Gasteiger partial charge in [0.15, 0.2) is 0 Å². The van der Waals surface area contributed by atoms with Gasteiger partial charge < -0.3 is 19.4 Å². The molecule has 1 spiro atoms. The second kappa shape index (κ2) is 4.04. The number of alkyl carbamates (subject to hydrolysis) is 1. The maximum Gasteiger partial charge on any atom is 0.407 e. The van der Waals surface area contributed by atoms with Crippen molar-refractivity contribution in [2.75, 3.05) is 19.6 Å². The normalized spacial score (nSPS) is 27.1. The second-order valence-electron chi connectivity index (χ2n) is 4.77. The highest BCUT2D eigenvalue weighted by Crippen LogP contribution is 2.28. The fourth-order valence-corrected chi connectivity index (χ4v) is 2.57. The SMILES string of the molecule is O=C1NC[C@]2(CCCN(C(=O)c3ccoc3)C2)O1. The van der Waals surface area contributed by atoms with Crippen molar-refractivity contribution in [1.82, 2.24) is 10.2 Å². The number of hydrogen-bond donors (Lipinski definition) is 1. The second-order valence-corrected chi connectivity index (χ2v) is 4.77. The standard InChI is InChI=1S/C12H14N2O4/c15-10(9-2-5-17-6-9)14-4-1-3-12(8-14)7-13-11(16)18-12/h2,5-6H,1,3-4,7-8H2,(H,13,16)/t12-/m0/s1. The van der Waals surface area contributed by atoms with Crippen LogP contribution in [0, 0.1) is 0 Å². The number of carbonyl (C=O) groups excluding carboxylic acids is 2. The molecular weight excluding hydrogens is 236 g/mol. The van der Waals surface area contributed by atoms with Crippen molar-refractivity contribution >= 4 is 12.0 Å². The van der Waals surface area contributed by atoms with Crippen molar-refractivity contribution < 1.29 is 18.7 Å². The number of piperidine rings is 1. The van der Waals surface area contributed by atoms with Gasteiger partial charge in [0.2, 0.25) is 0 Å². The van der Waals surface area contributed by atoms with E-state index in [0.29, 0.717) is 25.2 Å². The molecule has 2 saturated heterocycles. The zero-order chi connectivity index (χ0) is 12.6. The van der Waals surface area contributed by atoms with Crippen LogP contribution < -0.4 is 5.32 Å². The molecule has 6 nitrogen and oxygen atoms in total. The Morgan fingerprint density at radius 3 is 3.06 bits per heavy atom. The molecule has 3 rings (SSSR count). The Bertz CT molecular complexity index is 470. The van der Waals surface area contributed by atoms with Crippen LogP contribution in [0.2, 0.25) is 0 Å². The van der Waals surface area contributed by atoms with Crippen molar-refractivity contribution in [3.05, 3.63) is 24.2 Å². The summed E-state index contributed by atoms with van der Waals surface area (Å²) in [4.78, 5) is 25.1. The van der Waals surface area contributed by atoms with Crippen molar-refractivity contribution in [2.24, 2.45) is 0 Å². The van der Waals surface area contributed by atoms with Crippen LogP contribution >= 0.6 is 0 Å². The van der Waals surface area contributed by atoms with Crippen LogP contribution in [0.4, 0.5) is 4.79 Å². The topological polar surface area (TPSA) is 71.8 Å². The first-order valence-corrected chi connectivity index (χ1v) is 5.97. The van der Waals surface area contributed by atoms with Crippen LogP contribution in [0.15, 0.2) is 23.0 Å². The minimum atomic E-state index is -0.547. The summed E-state index contributed by atoms with van der Waals surface area (Å²) in [5.41, 5.74) is -0.0151. The van der Waals surface area contributed by atoms with Crippen LogP contribution in [-0.4, -0.2) is 42.1 Å². The van der Waals surface area contributed by atoms with Gasteiger partial charge in [0.05, 0.1) is 24.9 Å². The lowest BCUT2D eigenvalue weighted by Gasteiger charge is -2.37. The molecule has 18 heavy (non-hydrogen) atoms. The van der Waals surface area contributed by atoms with Gasteiger partial charge in [-0.05, 0) is 18.9 Å². The molecule has 3 heterocycles. The molecule has 2 aliphatic heterocycles. The van der Waals surface area contributed by atoms with Gasteiger partial charge in [-0.3, -0.25) is 4.79 Å². The van der Waals surface area contributed by atoms with Crippen molar-refractivity contribution in [3.63, 3.8) is 0 Å². The van der Waals surface area contributed by atoms with Crippen LogP contribution in [0.25, 0.3) is 0 Å². The van der Waals surface area contributed by atoms with Gasteiger partial charge in [-0.1, -0.05) is 0 Å². The summed E-state index contributed by atoms with van der Waals surface area (Å²) in [6.45, 7) is 1.60. The summed E-state index contributed by atoms with van der Waals surface area (Å²) in [7, 11) is 0. The summed E-state index contributed by atoms with van der Waals surface area (Å²) in [6.07, 6.45) is 4.14. The number of rotatable bonds is 1. The minimum absolute atomic E-state index is 0.0780. The molecule has 1 aromatic heterocycles. The predicted octanol–water partition coefficient (Wildman–Crippen LogP) is 0.994. The maximum atomic E-state index is 12.2. The van der Waals surface area contributed by atoms with Crippen molar-refractivity contribution in [2.45, 2.75) is 18.4 Å². The summed E-state index contributed by atoms with van der Waals surface area (Å²) < 4.78 is 10.2. The number of furan rings is 1. The third-order valence-corrected chi connectivity index (χ3v) is 3.46. The average Bonchev–Trinajstić information content (AvgIpc) is 2.99. The van der Waals surface area contributed by atoms with Crippen molar-refractivity contribution in [3.8, 4) is 0 Å². The summed E-state index contributed by atoms with van der Waals surface area (Å²) in [5.74, 6) is -0.0780. The van der Waals surface area contributed by atoms with E-state index in [-0.39, 0.29) is 5.91 Å². The number of likely N-dealkylation sites (tertiary alicyclic amines) is 1. The number of nitrogens with zero attached hydrogens (tertiary/aromatic N) is 1. The molecule has 0 saturated carbocycles. The van der Waals surface area contributed by atoms with Gasteiger partial charge in [0.25, 0.3) is 5.91 Å². The molecule has 1 N–H and O–H groups in total. The van der Waals surface area contributed by atoms with Crippen LogP contribution in [0.5, 0.6) is 0 Å². The van der Waals surface area contributed by atoms with Crippen LogP contribution in [-0.2, 0) is 4.74 Å². The fraction of sp³-hybridized carbons (Fsp3) is 0.500. The van der Waals surface area contributed by atoms with E-state index in [1.807, 2.05) is 0 Å². The molecule has 0 aromatic carbocycles. The molecule has 0 radical (unpaired) electrons. The molecule has 96 valence electrons. The molecule has 0 bridgehead atoms. The number of nitrogens with one attached hydrogen (secondary N) is 1. The first kappa shape index (κ1) is 11.1. The van der Waals surface area contributed by atoms with Gasteiger partial charge in [-0.2, -0.15) is 0 Å². The Hall–Kier alpha value is -1.98. The van der Waals surface area contributed by atoms with Gasteiger partial charge in [0, 0.05) is 6.54 Å². The Labute approximate surface area is 104 Å². The third kappa shape index (κ3) is 1.83. The first-order valence-electron chi connectivity index (χ1n) is 5.97. The largest absolute Gasteiger partial charge is 0.472 e. The van der Waals surface area contributed by atoms with Gasteiger partial charge in [-0.25, -0.2) is 4.79 Å². The first-order chi connectivity index (χ1) is 8.69. The van der Waals surface area contributed by atoms with Crippen LogP contribution in [0.3, 0.4) is 0 Å². The lowest BCUT2D eigenvalue weighted by molar-refractivity contribution is -0.00506. The summed E-state index contributed by atoms with van der Waals surface area (Å²) >= 11 is 0. The Morgan fingerprint density at radius 1 is 1.50 bits per heavy atom. The monoisotopic (exact) mass is 250 g/mol. The quantitative estimate of drug-likeness (QED) is 0.807. The Morgan fingerprint density at radius 2 is 2.39 bits per heavy atom. The smallest absolute Gasteiger partial charge is 0.407 e. The average molecular weight is 250 g/mol. The maximum absolute atomic E-state index is 12.2. The van der Waals surface area contributed by atoms with Gasteiger partial charge >= 0.3 is 6.09 Å². The predicted molar refractivity (Wildman–Crippen MR) is 61.1 cm³/mol. The molecule has 6 heteroatoms. The molecule has 0 aliphatic carbocycles. The molecule has 2 amide bonds. The lowest BCUT2D eigenvalue weighted by Crippen LogP contribution is -2.52. The number of carbonyl (C=O) groups is 2. The van der Waals surface area contributed by atoms with Gasteiger partial charge in [-0.15, -0.1) is 0 Å². The highest BCUT2D eigenvalue weighted by atomic mass is 16.6. The zero-order valence-electron chi connectivity index (χ0n) is 9.85. The van der Waals surface area contributed by atoms with E-state index in [1.165, 1.54) is 12.5 Å². The van der Waals surface area contributed by atoms with Crippen LogP contribution in [0.1, 0.15) is 23.2 Å². The van der Waals surface area contributed by atoms with E-state index < -0.39 is 11.7 Å². The molecular formula is C12H14N2O4. The molecule has 0 unspecified atom stereocenters. The fourth-order valence-electron chi connectivity index (χ4n) is 2.57. The Balaban J connectivity index is 1.75. The Kier molecular flexibility index (Phi) is 2.50. The number of ether oxygens (including phenoxy) is 1. The van der Waals surface area contributed by atoms with E-state index in [9.17, 15) is 9.59 Å². The lowest BCUT2D eigenvalue weighted by atomic mass is 9.93. The van der Waals surface area contributed by atoms with Crippen molar-refractivity contribution in [1.29, 1.82) is 0 Å². The van der Waals surface area contributed by atoms with Gasteiger partial charge in [0.1, 0.15) is 11.9 Å². The molecule has 2 aliphatic rings. The highest BCUT2D eigenvalue weighted by Gasteiger charge is 2.44. The molecule has 1 atom stereocenters. The van der Waals surface area contributed by atoms with E-state index in [0.717, 1.165) is 12.8 Å². The van der Waals surface area contributed by atoms with E-state index in [1.54, 1.807) is 11.0 Å². The highest BCUT2D eigenvalue weighted by molar-refractivity contribution is 5.94.